The molecule has 0 fully saturated rings. The summed E-state index contributed by atoms with van der Waals surface area (Å²) in [4.78, 5) is 25.2. The number of carboxylic acid groups (broad SMARTS) is 1. The highest BCUT2D eigenvalue weighted by molar-refractivity contribution is 6.30. The average Bonchev–Trinajstić information content (AvgIpc) is 2.67. The Balaban J connectivity index is 2.55. The Morgan fingerprint density at radius 1 is 1.52 bits per heavy atom. The van der Waals surface area contributed by atoms with Crippen molar-refractivity contribution in [3.05, 3.63) is 44.7 Å². The summed E-state index contributed by atoms with van der Waals surface area (Å²) < 4.78 is 6.74. The van der Waals surface area contributed by atoms with Gasteiger partial charge in [0.15, 0.2) is 0 Å². The molecule has 0 unspecified atom stereocenters. The minimum atomic E-state index is -1.23. The average molecular weight is 312 g/mol. The third-order valence-corrected chi connectivity index (χ3v) is 3.04. The monoisotopic (exact) mass is 311 g/mol. The molecule has 1 heterocycles. The number of hydrogen-bond donors (Lipinski definition) is 1. The zero-order chi connectivity index (χ0) is 15.7. The Labute approximate surface area is 123 Å². The van der Waals surface area contributed by atoms with E-state index in [-0.39, 0.29) is 22.2 Å². The highest BCUT2D eigenvalue weighted by Gasteiger charge is 2.27. The summed E-state index contributed by atoms with van der Waals surface area (Å²) in [6.07, 6.45) is 0. The van der Waals surface area contributed by atoms with Crippen LogP contribution in [0.1, 0.15) is 16.2 Å². The SMILES string of the molecule is Cc1nc([N+](=O)[O-])c(Oc2cc(Cl)ccc2C(=O)O)n1C. The zero-order valence-corrected chi connectivity index (χ0v) is 11.8. The molecule has 0 spiro atoms. The van der Waals surface area contributed by atoms with E-state index in [0.717, 1.165) is 0 Å². The highest BCUT2D eigenvalue weighted by atomic mass is 35.5. The molecule has 0 aliphatic rings. The van der Waals surface area contributed by atoms with Crippen LogP contribution in [0.4, 0.5) is 5.82 Å². The van der Waals surface area contributed by atoms with Crippen molar-refractivity contribution in [2.45, 2.75) is 6.92 Å². The lowest BCUT2D eigenvalue weighted by Gasteiger charge is -2.09. The van der Waals surface area contributed by atoms with Crippen molar-refractivity contribution in [2.24, 2.45) is 7.05 Å². The minimum Gasteiger partial charge on any atom is -0.478 e. The second-order valence-electron chi connectivity index (χ2n) is 4.15. The number of ether oxygens (including phenoxy) is 1. The van der Waals surface area contributed by atoms with Gasteiger partial charge in [0, 0.05) is 25.1 Å². The number of aromatic carboxylic acids is 1. The first kappa shape index (κ1) is 14.8. The van der Waals surface area contributed by atoms with E-state index in [0.29, 0.717) is 5.82 Å². The van der Waals surface area contributed by atoms with Gasteiger partial charge in [0.05, 0.1) is 0 Å². The fraction of sp³-hybridized carbons (Fsp3) is 0.167. The number of imidazole rings is 1. The van der Waals surface area contributed by atoms with Crippen molar-refractivity contribution in [3.8, 4) is 11.6 Å². The summed E-state index contributed by atoms with van der Waals surface area (Å²) in [5.74, 6) is -1.63. The van der Waals surface area contributed by atoms with Gasteiger partial charge in [-0.1, -0.05) is 11.6 Å². The van der Waals surface area contributed by atoms with Crippen molar-refractivity contribution < 1.29 is 19.6 Å². The van der Waals surface area contributed by atoms with E-state index in [1.807, 2.05) is 0 Å². The molecule has 8 nitrogen and oxygen atoms in total. The maximum atomic E-state index is 11.2. The summed E-state index contributed by atoms with van der Waals surface area (Å²) in [5.41, 5.74) is -0.160. The largest absolute Gasteiger partial charge is 0.478 e. The fourth-order valence-electron chi connectivity index (χ4n) is 1.67. The number of carbonyl (C=O) groups is 1. The highest BCUT2D eigenvalue weighted by Crippen LogP contribution is 2.34. The number of nitrogens with zero attached hydrogens (tertiary/aromatic N) is 3. The van der Waals surface area contributed by atoms with Gasteiger partial charge in [-0.2, -0.15) is 0 Å². The first-order valence-corrected chi connectivity index (χ1v) is 6.07. The first-order valence-electron chi connectivity index (χ1n) is 5.69. The Morgan fingerprint density at radius 3 is 2.76 bits per heavy atom. The lowest BCUT2D eigenvalue weighted by Crippen LogP contribution is -2.03. The van der Waals surface area contributed by atoms with Crippen LogP contribution in [0.2, 0.25) is 5.02 Å². The molecule has 0 amide bonds. The van der Waals surface area contributed by atoms with Gasteiger partial charge in [0.2, 0.25) is 5.82 Å². The quantitative estimate of drug-likeness (QED) is 0.687. The van der Waals surface area contributed by atoms with Crippen LogP contribution in [0, 0.1) is 17.0 Å². The number of aryl methyl sites for hydroxylation is 1. The first-order chi connectivity index (χ1) is 9.81. The molecule has 2 rings (SSSR count). The summed E-state index contributed by atoms with van der Waals surface area (Å²) in [7, 11) is 1.52. The Bertz CT molecular complexity index is 741. The second-order valence-corrected chi connectivity index (χ2v) is 4.59. The Morgan fingerprint density at radius 2 is 2.19 bits per heavy atom. The van der Waals surface area contributed by atoms with E-state index < -0.39 is 16.7 Å². The summed E-state index contributed by atoms with van der Waals surface area (Å²) >= 11 is 5.81. The van der Waals surface area contributed by atoms with Crippen LogP contribution in [0.5, 0.6) is 11.6 Å². The molecule has 9 heteroatoms. The van der Waals surface area contributed by atoms with E-state index in [4.69, 9.17) is 21.4 Å². The van der Waals surface area contributed by atoms with E-state index in [9.17, 15) is 14.9 Å². The van der Waals surface area contributed by atoms with Crippen LogP contribution in [-0.4, -0.2) is 25.6 Å². The smallest absolute Gasteiger partial charge is 0.427 e. The molecule has 0 bridgehead atoms. The maximum Gasteiger partial charge on any atom is 0.427 e. The van der Waals surface area contributed by atoms with Crippen molar-refractivity contribution in [1.82, 2.24) is 9.55 Å². The van der Waals surface area contributed by atoms with Crippen LogP contribution >= 0.6 is 11.6 Å². The predicted molar refractivity (Wildman–Crippen MR) is 73.1 cm³/mol. The van der Waals surface area contributed by atoms with Gasteiger partial charge in [-0.3, -0.25) is 4.57 Å². The standard InChI is InChI=1S/C12H10ClN3O5/c1-6-14-10(16(19)20)11(15(6)2)21-9-5-7(13)3-4-8(9)12(17)18/h3-5H,1-2H3,(H,17,18). The van der Waals surface area contributed by atoms with Gasteiger partial charge in [-0.25, -0.2) is 4.79 Å². The van der Waals surface area contributed by atoms with Gasteiger partial charge in [-0.15, -0.1) is 0 Å². The van der Waals surface area contributed by atoms with Crippen LogP contribution in [0.15, 0.2) is 18.2 Å². The molecule has 0 aliphatic heterocycles. The van der Waals surface area contributed by atoms with E-state index >= 15 is 0 Å². The molecule has 0 atom stereocenters. The lowest BCUT2D eigenvalue weighted by molar-refractivity contribution is -0.390. The lowest BCUT2D eigenvalue weighted by atomic mass is 10.2. The minimum absolute atomic E-state index is 0.0962. The molecule has 0 aliphatic carbocycles. The number of rotatable bonds is 4. The topological polar surface area (TPSA) is 107 Å². The molecule has 1 aromatic carbocycles. The second kappa shape index (κ2) is 5.41. The molecule has 1 N–H and O–H groups in total. The van der Waals surface area contributed by atoms with Crippen molar-refractivity contribution in [2.75, 3.05) is 0 Å². The molecule has 0 saturated carbocycles. The van der Waals surface area contributed by atoms with Gasteiger partial charge in [0.25, 0.3) is 0 Å². The zero-order valence-electron chi connectivity index (χ0n) is 11.0. The molecule has 0 saturated heterocycles. The molecular formula is C12H10ClN3O5. The molecule has 1 aromatic heterocycles. The predicted octanol–water partition coefficient (Wildman–Crippen LogP) is 2.78. The molecule has 2 aromatic rings. The van der Waals surface area contributed by atoms with Crippen LogP contribution in [-0.2, 0) is 7.05 Å². The van der Waals surface area contributed by atoms with E-state index in [1.165, 1.54) is 29.8 Å². The maximum absolute atomic E-state index is 11.2. The van der Waals surface area contributed by atoms with Crippen molar-refractivity contribution >= 4 is 23.4 Å². The van der Waals surface area contributed by atoms with Crippen LogP contribution in [0.3, 0.4) is 0 Å². The number of halogens is 1. The Kier molecular flexibility index (Phi) is 3.81. The summed E-state index contributed by atoms with van der Waals surface area (Å²) in [6, 6.07) is 3.92. The van der Waals surface area contributed by atoms with Crippen LogP contribution in [0.25, 0.3) is 0 Å². The fourth-order valence-corrected chi connectivity index (χ4v) is 1.83. The molecule has 110 valence electrons. The van der Waals surface area contributed by atoms with E-state index in [2.05, 4.69) is 4.98 Å². The molecule has 21 heavy (non-hydrogen) atoms. The van der Waals surface area contributed by atoms with Gasteiger partial charge in [-0.05, 0) is 22.0 Å². The third-order valence-electron chi connectivity index (χ3n) is 2.80. The van der Waals surface area contributed by atoms with E-state index in [1.54, 1.807) is 6.92 Å². The number of benzene rings is 1. The summed E-state index contributed by atoms with van der Waals surface area (Å²) in [6.45, 7) is 1.57. The number of carboxylic acids is 1. The number of nitro groups is 1. The van der Waals surface area contributed by atoms with Gasteiger partial charge >= 0.3 is 17.7 Å². The third kappa shape index (κ3) is 2.79. The number of aromatic nitrogens is 2. The molecular weight excluding hydrogens is 302 g/mol. The van der Waals surface area contributed by atoms with Gasteiger partial charge in [0.1, 0.15) is 11.3 Å². The number of hydrogen-bond acceptors (Lipinski definition) is 5. The Hall–Kier alpha value is -2.61. The summed E-state index contributed by atoms with van der Waals surface area (Å²) in [5, 5.41) is 20.3. The van der Waals surface area contributed by atoms with Crippen molar-refractivity contribution in [3.63, 3.8) is 0 Å². The van der Waals surface area contributed by atoms with Crippen molar-refractivity contribution in [1.29, 1.82) is 0 Å². The van der Waals surface area contributed by atoms with Gasteiger partial charge < -0.3 is 20.0 Å². The molecule has 0 radical (unpaired) electrons. The van der Waals surface area contributed by atoms with Crippen LogP contribution < -0.4 is 4.74 Å². The normalized spacial score (nSPS) is 10.4.